The topological polar surface area (TPSA) is 86.8 Å². The van der Waals surface area contributed by atoms with Crippen LogP contribution in [0.3, 0.4) is 0 Å². The highest BCUT2D eigenvalue weighted by atomic mass is 32.2. The van der Waals surface area contributed by atoms with Gasteiger partial charge in [0.15, 0.2) is 0 Å². The largest absolute Gasteiger partial charge is 0.354 e. The monoisotopic (exact) mass is 553 g/mol. The SMILES string of the molecule is CCCCNC(=O)C(CC)N(Cc1cccc(C)c1)C(=O)CN(c1ccc(F)cc1)S(=O)(=O)c1ccccc1. The number of hydrogen-bond acceptors (Lipinski definition) is 4. The van der Waals surface area contributed by atoms with Crippen LogP contribution >= 0.6 is 0 Å². The van der Waals surface area contributed by atoms with Gasteiger partial charge in [-0.2, -0.15) is 0 Å². The fourth-order valence-corrected chi connectivity index (χ4v) is 5.72. The summed E-state index contributed by atoms with van der Waals surface area (Å²) in [6.07, 6.45) is 2.06. The van der Waals surface area contributed by atoms with Crippen LogP contribution in [0.15, 0.2) is 83.8 Å². The first kappa shape index (κ1) is 29.8. The van der Waals surface area contributed by atoms with Crippen LogP contribution in [-0.4, -0.2) is 44.3 Å². The first-order valence-corrected chi connectivity index (χ1v) is 14.6. The van der Waals surface area contributed by atoms with Crippen LogP contribution in [0.1, 0.15) is 44.2 Å². The van der Waals surface area contributed by atoms with E-state index < -0.39 is 34.3 Å². The lowest BCUT2D eigenvalue weighted by atomic mass is 10.1. The molecule has 0 radical (unpaired) electrons. The van der Waals surface area contributed by atoms with Crippen molar-refractivity contribution >= 4 is 27.5 Å². The van der Waals surface area contributed by atoms with Crippen molar-refractivity contribution < 1.29 is 22.4 Å². The van der Waals surface area contributed by atoms with Crippen molar-refractivity contribution in [2.45, 2.75) is 57.5 Å². The first-order valence-electron chi connectivity index (χ1n) is 13.1. The number of amides is 2. The van der Waals surface area contributed by atoms with Crippen LogP contribution in [0, 0.1) is 12.7 Å². The summed E-state index contributed by atoms with van der Waals surface area (Å²) in [6.45, 7) is 5.83. The summed E-state index contributed by atoms with van der Waals surface area (Å²) in [5, 5.41) is 2.91. The molecular weight excluding hydrogens is 517 g/mol. The Balaban J connectivity index is 2.02. The van der Waals surface area contributed by atoms with Gasteiger partial charge in [0, 0.05) is 13.1 Å². The lowest BCUT2D eigenvalue weighted by Crippen LogP contribution is -2.52. The number of benzene rings is 3. The molecule has 0 aliphatic heterocycles. The normalized spacial score (nSPS) is 12.0. The summed E-state index contributed by atoms with van der Waals surface area (Å²) >= 11 is 0. The van der Waals surface area contributed by atoms with Crippen molar-refractivity contribution in [1.82, 2.24) is 10.2 Å². The van der Waals surface area contributed by atoms with Crippen molar-refractivity contribution in [3.05, 3.63) is 95.8 Å². The molecule has 0 aliphatic rings. The summed E-state index contributed by atoms with van der Waals surface area (Å²) < 4.78 is 42.1. The number of carbonyl (C=O) groups excluding carboxylic acids is 2. The number of hydrogen-bond donors (Lipinski definition) is 1. The van der Waals surface area contributed by atoms with E-state index in [0.29, 0.717) is 13.0 Å². The van der Waals surface area contributed by atoms with Gasteiger partial charge in [-0.05, 0) is 61.7 Å². The second-order valence-corrected chi connectivity index (χ2v) is 11.2. The number of nitrogens with one attached hydrogen (secondary N) is 1. The number of unbranched alkanes of at least 4 members (excludes halogenated alkanes) is 1. The van der Waals surface area contributed by atoms with E-state index in [9.17, 15) is 22.4 Å². The fourth-order valence-electron chi connectivity index (χ4n) is 4.29. The predicted molar refractivity (Wildman–Crippen MR) is 151 cm³/mol. The molecule has 7 nitrogen and oxygen atoms in total. The highest BCUT2D eigenvalue weighted by molar-refractivity contribution is 7.92. The molecule has 0 fully saturated rings. The molecule has 39 heavy (non-hydrogen) atoms. The molecule has 3 aromatic carbocycles. The van der Waals surface area contributed by atoms with E-state index in [4.69, 9.17) is 0 Å². The van der Waals surface area contributed by atoms with Crippen molar-refractivity contribution in [2.75, 3.05) is 17.4 Å². The van der Waals surface area contributed by atoms with Gasteiger partial charge in [0.1, 0.15) is 18.4 Å². The van der Waals surface area contributed by atoms with E-state index in [1.807, 2.05) is 45.0 Å². The minimum Gasteiger partial charge on any atom is -0.354 e. The Bertz CT molecular complexity index is 1350. The molecule has 208 valence electrons. The van der Waals surface area contributed by atoms with Crippen LogP contribution in [0.4, 0.5) is 10.1 Å². The number of halogens is 1. The predicted octanol–water partition coefficient (Wildman–Crippen LogP) is 5.05. The Morgan fingerprint density at radius 2 is 1.64 bits per heavy atom. The minimum absolute atomic E-state index is 0.00305. The van der Waals surface area contributed by atoms with Crippen molar-refractivity contribution in [2.24, 2.45) is 0 Å². The van der Waals surface area contributed by atoms with E-state index in [1.165, 1.54) is 29.2 Å². The molecule has 0 heterocycles. The van der Waals surface area contributed by atoms with Crippen LogP contribution < -0.4 is 9.62 Å². The summed E-state index contributed by atoms with van der Waals surface area (Å²) in [4.78, 5) is 28.6. The highest BCUT2D eigenvalue weighted by Gasteiger charge is 2.33. The van der Waals surface area contributed by atoms with Gasteiger partial charge < -0.3 is 10.2 Å². The van der Waals surface area contributed by atoms with Gasteiger partial charge in [-0.25, -0.2) is 12.8 Å². The van der Waals surface area contributed by atoms with Crippen molar-refractivity contribution in [1.29, 1.82) is 0 Å². The van der Waals surface area contributed by atoms with Gasteiger partial charge in [0.2, 0.25) is 11.8 Å². The fraction of sp³-hybridized carbons (Fsp3) is 0.333. The Labute approximate surface area is 230 Å². The summed E-state index contributed by atoms with van der Waals surface area (Å²) in [6, 6.07) is 19.5. The smallest absolute Gasteiger partial charge is 0.264 e. The van der Waals surface area contributed by atoms with Crippen LogP contribution in [-0.2, 0) is 26.2 Å². The van der Waals surface area contributed by atoms with Gasteiger partial charge in [-0.15, -0.1) is 0 Å². The number of carbonyl (C=O) groups is 2. The lowest BCUT2D eigenvalue weighted by molar-refractivity contribution is -0.140. The summed E-state index contributed by atoms with van der Waals surface area (Å²) in [7, 11) is -4.18. The van der Waals surface area contributed by atoms with Crippen LogP contribution in [0.2, 0.25) is 0 Å². The zero-order valence-electron chi connectivity index (χ0n) is 22.6. The quantitative estimate of drug-likeness (QED) is 0.300. The number of sulfonamides is 1. The maximum absolute atomic E-state index is 14.0. The van der Waals surface area contributed by atoms with E-state index in [1.54, 1.807) is 18.2 Å². The maximum atomic E-state index is 14.0. The van der Waals surface area contributed by atoms with Gasteiger partial charge in [0.25, 0.3) is 10.0 Å². The minimum atomic E-state index is -4.18. The molecule has 1 unspecified atom stereocenters. The molecule has 1 N–H and O–H groups in total. The average molecular weight is 554 g/mol. The van der Waals surface area contributed by atoms with Crippen LogP contribution in [0.5, 0.6) is 0 Å². The third-order valence-electron chi connectivity index (χ3n) is 6.38. The standard InChI is InChI=1S/C30H36FN3O4S/c1-4-6-19-32-30(36)28(5-2)33(21-24-12-10-11-23(3)20-24)29(35)22-34(26-17-15-25(31)16-18-26)39(37,38)27-13-8-7-9-14-27/h7-18,20,28H,4-6,19,21-22H2,1-3H3,(H,32,36). The van der Waals surface area contributed by atoms with Gasteiger partial charge in [0.05, 0.1) is 10.6 Å². The maximum Gasteiger partial charge on any atom is 0.264 e. The number of nitrogens with zero attached hydrogens (tertiary/aromatic N) is 2. The molecule has 1 atom stereocenters. The molecule has 2 amide bonds. The van der Waals surface area contributed by atoms with Gasteiger partial charge in [-0.3, -0.25) is 13.9 Å². The Hall–Kier alpha value is -3.72. The third-order valence-corrected chi connectivity index (χ3v) is 8.16. The molecule has 0 aliphatic carbocycles. The third kappa shape index (κ3) is 7.89. The van der Waals surface area contributed by atoms with E-state index in [2.05, 4.69) is 5.32 Å². The Morgan fingerprint density at radius 1 is 0.949 bits per heavy atom. The summed E-state index contributed by atoms with van der Waals surface area (Å²) in [5.41, 5.74) is 1.96. The van der Waals surface area contributed by atoms with E-state index >= 15 is 0 Å². The zero-order valence-corrected chi connectivity index (χ0v) is 23.5. The zero-order chi connectivity index (χ0) is 28.4. The highest BCUT2D eigenvalue weighted by Crippen LogP contribution is 2.25. The van der Waals surface area contributed by atoms with Gasteiger partial charge in [-0.1, -0.05) is 68.3 Å². The second-order valence-electron chi connectivity index (χ2n) is 9.38. The molecule has 0 bridgehead atoms. The average Bonchev–Trinajstić information content (AvgIpc) is 2.92. The van der Waals surface area contributed by atoms with E-state index in [0.717, 1.165) is 40.4 Å². The Morgan fingerprint density at radius 3 is 2.26 bits per heavy atom. The molecular formula is C30H36FN3O4S. The molecule has 9 heteroatoms. The molecule has 0 saturated carbocycles. The molecule has 0 spiro atoms. The molecule has 0 saturated heterocycles. The second kappa shape index (κ2) is 13.9. The first-order chi connectivity index (χ1) is 18.7. The van der Waals surface area contributed by atoms with Gasteiger partial charge >= 0.3 is 0 Å². The van der Waals surface area contributed by atoms with E-state index in [-0.39, 0.29) is 23.0 Å². The lowest BCUT2D eigenvalue weighted by Gasteiger charge is -2.33. The molecule has 0 aromatic heterocycles. The number of aryl methyl sites for hydroxylation is 1. The van der Waals surface area contributed by atoms with Crippen molar-refractivity contribution in [3.63, 3.8) is 0 Å². The number of anilines is 1. The molecule has 3 aromatic rings. The van der Waals surface area contributed by atoms with Crippen LogP contribution in [0.25, 0.3) is 0 Å². The van der Waals surface area contributed by atoms with Crippen molar-refractivity contribution in [3.8, 4) is 0 Å². The number of rotatable bonds is 13. The Kier molecular flexibility index (Phi) is 10.6. The molecule has 3 rings (SSSR count). The summed E-state index contributed by atoms with van der Waals surface area (Å²) in [5.74, 6) is -1.36.